The van der Waals surface area contributed by atoms with Gasteiger partial charge >= 0.3 is 6.18 Å². The molecule has 0 aliphatic carbocycles. The van der Waals surface area contributed by atoms with E-state index in [0.717, 1.165) is 5.56 Å². The van der Waals surface area contributed by atoms with Gasteiger partial charge in [-0.2, -0.15) is 13.2 Å². The summed E-state index contributed by atoms with van der Waals surface area (Å²) in [5, 5.41) is 0. The van der Waals surface area contributed by atoms with Crippen LogP contribution in [0.3, 0.4) is 0 Å². The Bertz CT molecular complexity index is 393. The molecule has 2 N–H and O–H groups in total. The molecule has 0 aromatic heterocycles. The second-order valence-electron chi connectivity index (χ2n) is 4.16. The molecule has 1 aromatic rings. The van der Waals surface area contributed by atoms with Crippen molar-refractivity contribution in [1.29, 1.82) is 0 Å². The molecule has 2 nitrogen and oxygen atoms in total. The molecule has 18 heavy (non-hydrogen) atoms. The summed E-state index contributed by atoms with van der Waals surface area (Å²) in [4.78, 5) is 0. The lowest BCUT2D eigenvalue weighted by molar-refractivity contribution is -0.139. The molecule has 1 atom stereocenters. The van der Waals surface area contributed by atoms with Gasteiger partial charge in [-0.1, -0.05) is 6.07 Å². The van der Waals surface area contributed by atoms with Gasteiger partial charge in [0.2, 0.25) is 0 Å². The molecule has 0 spiro atoms. The fourth-order valence-electron chi connectivity index (χ4n) is 1.44. The Hall–Kier alpha value is -0.750. The van der Waals surface area contributed by atoms with Crippen molar-refractivity contribution < 1.29 is 17.9 Å². The molecule has 0 saturated heterocycles. The van der Waals surface area contributed by atoms with Gasteiger partial charge in [0, 0.05) is 6.04 Å². The zero-order valence-corrected chi connectivity index (χ0v) is 11.5. The normalized spacial score (nSPS) is 13.4. The molecule has 0 amide bonds. The van der Waals surface area contributed by atoms with Gasteiger partial charge in [0.1, 0.15) is 5.75 Å². The minimum absolute atomic E-state index is 0.0360. The molecule has 0 fully saturated rings. The Labute approximate surface area is 112 Å². The van der Waals surface area contributed by atoms with Gasteiger partial charge in [-0.3, -0.25) is 0 Å². The summed E-state index contributed by atoms with van der Waals surface area (Å²) < 4.78 is 41.6. The number of halogens is 4. The number of hydrogen-bond acceptors (Lipinski definition) is 2. The molecular weight excluding hydrogens is 311 g/mol. The molecule has 0 bridgehead atoms. The summed E-state index contributed by atoms with van der Waals surface area (Å²) in [7, 11) is 0. The average molecular weight is 326 g/mol. The smallest absolute Gasteiger partial charge is 0.392 e. The first-order valence-electron chi connectivity index (χ1n) is 5.51. The molecule has 0 aliphatic rings. The molecule has 0 saturated carbocycles. The maximum atomic E-state index is 12.0. The predicted octanol–water partition coefficient (Wildman–Crippen LogP) is 3.67. The number of nitrogens with two attached hydrogens (primary N) is 1. The van der Waals surface area contributed by atoms with Crippen molar-refractivity contribution in [1.82, 2.24) is 0 Å². The first-order chi connectivity index (χ1) is 8.28. The van der Waals surface area contributed by atoms with Gasteiger partial charge in [-0.25, -0.2) is 0 Å². The fourth-order valence-corrected chi connectivity index (χ4v) is 1.98. The first-order valence-corrected chi connectivity index (χ1v) is 6.31. The van der Waals surface area contributed by atoms with Gasteiger partial charge in [-0.15, -0.1) is 0 Å². The van der Waals surface area contributed by atoms with E-state index in [9.17, 15) is 13.2 Å². The van der Waals surface area contributed by atoms with Gasteiger partial charge in [0.15, 0.2) is 0 Å². The Morgan fingerprint density at radius 3 is 2.56 bits per heavy atom. The van der Waals surface area contributed by atoms with Crippen LogP contribution in [0.15, 0.2) is 22.7 Å². The highest BCUT2D eigenvalue weighted by atomic mass is 79.9. The van der Waals surface area contributed by atoms with E-state index in [2.05, 4.69) is 15.9 Å². The van der Waals surface area contributed by atoms with Crippen LogP contribution in [0.4, 0.5) is 13.2 Å². The molecule has 0 aliphatic heterocycles. The van der Waals surface area contributed by atoms with Crippen LogP contribution in [0.5, 0.6) is 5.75 Å². The van der Waals surface area contributed by atoms with E-state index in [1.807, 2.05) is 13.0 Å². The lowest BCUT2D eigenvalue weighted by Gasteiger charge is -2.12. The van der Waals surface area contributed by atoms with Crippen molar-refractivity contribution in [2.75, 3.05) is 6.61 Å². The molecule has 6 heteroatoms. The van der Waals surface area contributed by atoms with E-state index in [1.165, 1.54) is 0 Å². The topological polar surface area (TPSA) is 35.2 Å². The van der Waals surface area contributed by atoms with Crippen molar-refractivity contribution in [2.24, 2.45) is 5.73 Å². The van der Waals surface area contributed by atoms with Gasteiger partial charge in [0.25, 0.3) is 0 Å². The first kappa shape index (κ1) is 15.3. The summed E-state index contributed by atoms with van der Waals surface area (Å²) >= 11 is 3.27. The highest BCUT2D eigenvalue weighted by Gasteiger charge is 2.26. The Morgan fingerprint density at radius 1 is 1.39 bits per heavy atom. The Morgan fingerprint density at radius 2 is 2.06 bits per heavy atom. The molecule has 1 aromatic carbocycles. The maximum Gasteiger partial charge on any atom is 0.392 e. The van der Waals surface area contributed by atoms with E-state index in [4.69, 9.17) is 10.5 Å². The molecule has 0 radical (unpaired) electrons. The van der Waals surface area contributed by atoms with Crippen LogP contribution in [0.25, 0.3) is 0 Å². The van der Waals surface area contributed by atoms with E-state index in [1.54, 1.807) is 12.1 Å². The minimum atomic E-state index is -4.19. The minimum Gasteiger partial charge on any atom is -0.492 e. The van der Waals surface area contributed by atoms with Gasteiger partial charge in [-0.05, 0) is 47.0 Å². The fraction of sp³-hybridized carbons (Fsp3) is 0.500. The van der Waals surface area contributed by atoms with Crippen LogP contribution in [-0.2, 0) is 6.42 Å². The SMILES string of the molecule is CC(N)Cc1ccc(OCCC(F)(F)F)c(Br)c1. The van der Waals surface area contributed by atoms with Crippen LogP contribution in [0.2, 0.25) is 0 Å². The standard InChI is InChI=1S/C12H15BrF3NO/c1-8(17)6-9-2-3-11(10(13)7-9)18-5-4-12(14,15)16/h2-3,7-8H,4-6,17H2,1H3. The van der Waals surface area contributed by atoms with Crippen molar-refractivity contribution in [3.8, 4) is 5.75 Å². The molecular formula is C12H15BrF3NO. The number of hydrogen-bond donors (Lipinski definition) is 1. The van der Waals surface area contributed by atoms with Crippen LogP contribution in [0, 0.1) is 0 Å². The summed E-state index contributed by atoms with van der Waals surface area (Å²) in [6.45, 7) is 1.51. The summed E-state index contributed by atoms with van der Waals surface area (Å²) in [6, 6.07) is 5.30. The Kier molecular flexibility index (Phi) is 5.47. The largest absolute Gasteiger partial charge is 0.492 e. The van der Waals surface area contributed by atoms with Gasteiger partial charge < -0.3 is 10.5 Å². The van der Waals surface area contributed by atoms with Crippen LogP contribution < -0.4 is 10.5 Å². The van der Waals surface area contributed by atoms with E-state index < -0.39 is 12.6 Å². The Balaban J connectivity index is 2.57. The summed E-state index contributed by atoms with van der Waals surface area (Å²) in [5.41, 5.74) is 6.68. The zero-order chi connectivity index (χ0) is 13.8. The van der Waals surface area contributed by atoms with Crippen molar-refractivity contribution in [2.45, 2.75) is 32.0 Å². The quantitative estimate of drug-likeness (QED) is 0.896. The number of benzene rings is 1. The molecule has 0 heterocycles. The van der Waals surface area contributed by atoms with Gasteiger partial charge in [0.05, 0.1) is 17.5 Å². The van der Waals surface area contributed by atoms with Crippen molar-refractivity contribution >= 4 is 15.9 Å². The zero-order valence-electron chi connectivity index (χ0n) is 9.93. The lowest BCUT2D eigenvalue weighted by atomic mass is 10.1. The molecule has 1 unspecified atom stereocenters. The molecule has 1 rings (SSSR count). The average Bonchev–Trinajstić information content (AvgIpc) is 2.18. The molecule has 102 valence electrons. The van der Waals surface area contributed by atoms with Crippen molar-refractivity contribution in [3.05, 3.63) is 28.2 Å². The maximum absolute atomic E-state index is 12.0. The van der Waals surface area contributed by atoms with E-state index in [0.29, 0.717) is 16.6 Å². The van der Waals surface area contributed by atoms with E-state index in [-0.39, 0.29) is 12.6 Å². The van der Waals surface area contributed by atoms with Crippen LogP contribution in [-0.4, -0.2) is 18.8 Å². The monoisotopic (exact) mass is 325 g/mol. The summed E-state index contributed by atoms with van der Waals surface area (Å²) in [6.07, 6.45) is -4.44. The second-order valence-corrected chi connectivity index (χ2v) is 5.01. The summed E-state index contributed by atoms with van der Waals surface area (Å²) in [5.74, 6) is 0.410. The lowest BCUT2D eigenvalue weighted by Crippen LogP contribution is -2.17. The highest BCUT2D eigenvalue weighted by molar-refractivity contribution is 9.10. The highest BCUT2D eigenvalue weighted by Crippen LogP contribution is 2.27. The van der Waals surface area contributed by atoms with Crippen molar-refractivity contribution in [3.63, 3.8) is 0 Å². The number of alkyl halides is 3. The van der Waals surface area contributed by atoms with Crippen LogP contribution >= 0.6 is 15.9 Å². The number of rotatable bonds is 5. The van der Waals surface area contributed by atoms with E-state index >= 15 is 0 Å². The third-order valence-electron chi connectivity index (χ3n) is 2.20. The second kappa shape index (κ2) is 6.43. The number of ether oxygens (including phenoxy) is 1. The predicted molar refractivity (Wildman–Crippen MR) is 67.7 cm³/mol. The third-order valence-corrected chi connectivity index (χ3v) is 2.82. The third kappa shape index (κ3) is 5.73. The van der Waals surface area contributed by atoms with Crippen LogP contribution in [0.1, 0.15) is 18.9 Å².